The zero-order valence-electron chi connectivity index (χ0n) is 11.2. The van der Waals surface area contributed by atoms with E-state index in [2.05, 4.69) is 20.9 Å². The molecule has 20 heavy (non-hydrogen) atoms. The molecule has 6 heteroatoms. The molecule has 5 nitrogen and oxygen atoms in total. The van der Waals surface area contributed by atoms with Gasteiger partial charge in [0.1, 0.15) is 0 Å². The van der Waals surface area contributed by atoms with Crippen molar-refractivity contribution in [3.8, 4) is 0 Å². The van der Waals surface area contributed by atoms with Crippen LogP contribution >= 0.6 is 15.9 Å². The van der Waals surface area contributed by atoms with Gasteiger partial charge in [0.2, 0.25) is 0 Å². The number of hydrogen-bond donors (Lipinski definition) is 2. The van der Waals surface area contributed by atoms with Crippen LogP contribution in [-0.2, 0) is 6.54 Å². The molecular weight excluding hydrogens is 324 g/mol. The number of H-pyrrole nitrogens is 1. The van der Waals surface area contributed by atoms with Crippen molar-refractivity contribution >= 4 is 22.0 Å². The molecule has 0 bridgehead atoms. The molecule has 110 valence electrons. The van der Waals surface area contributed by atoms with E-state index in [1.165, 1.54) is 0 Å². The van der Waals surface area contributed by atoms with Crippen LogP contribution in [0.3, 0.4) is 0 Å². The van der Waals surface area contributed by atoms with E-state index in [1.54, 1.807) is 21.8 Å². The first kappa shape index (κ1) is 15.3. The Morgan fingerprint density at radius 1 is 1.35 bits per heavy atom. The van der Waals surface area contributed by atoms with Gasteiger partial charge in [0.25, 0.3) is 5.56 Å². The first-order valence-corrected chi connectivity index (χ1v) is 7.78. The molecule has 1 heterocycles. The second-order valence-electron chi connectivity index (χ2n) is 5.28. The zero-order chi connectivity index (χ0) is 14.5. The van der Waals surface area contributed by atoms with Crippen molar-refractivity contribution in [1.29, 1.82) is 0 Å². The smallest absolute Gasteiger partial charge is 0.328 e. The molecule has 2 unspecified atom stereocenters. The number of rotatable bonds is 4. The van der Waals surface area contributed by atoms with Crippen LogP contribution in [0.2, 0.25) is 0 Å². The monoisotopic (exact) mass is 342 g/mol. The van der Waals surface area contributed by atoms with Gasteiger partial charge < -0.3 is 5.11 Å². The zero-order valence-corrected chi connectivity index (χ0v) is 12.8. The predicted octanol–water partition coefficient (Wildman–Crippen LogP) is 1.70. The van der Waals surface area contributed by atoms with Crippen LogP contribution in [0.5, 0.6) is 0 Å². The quantitative estimate of drug-likeness (QED) is 0.874. The Bertz CT molecular complexity index is 591. The third kappa shape index (κ3) is 3.49. The number of aliphatic hydroxyl groups is 1. The van der Waals surface area contributed by atoms with Crippen LogP contribution in [0.15, 0.2) is 20.8 Å². The molecule has 0 spiro atoms. The van der Waals surface area contributed by atoms with Gasteiger partial charge in [0.15, 0.2) is 0 Å². The van der Waals surface area contributed by atoms with Gasteiger partial charge in [-0.25, -0.2) is 4.79 Å². The van der Waals surface area contributed by atoms with E-state index in [0.29, 0.717) is 12.1 Å². The van der Waals surface area contributed by atoms with E-state index in [9.17, 15) is 14.7 Å². The van der Waals surface area contributed by atoms with Crippen LogP contribution in [0.4, 0.5) is 0 Å². The second kappa shape index (κ2) is 7.04. The summed E-state index contributed by atoms with van der Waals surface area (Å²) in [6.07, 6.45) is 7.49. The summed E-state index contributed by atoms with van der Waals surface area (Å²) in [6, 6.07) is 0. The van der Waals surface area contributed by atoms with E-state index in [0.717, 1.165) is 25.7 Å². The molecular formula is C14H19BrN2O3. The molecule has 0 aromatic carbocycles. The maximum Gasteiger partial charge on any atom is 0.328 e. The SMILES string of the molecule is O=c1[nH]c(=O)n(CC2CCCCC2CO)cc1C=CBr. The fourth-order valence-corrected chi connectivity index (χ4v) is 3.15. The highest BCUT2D eigenvalue weighted by Crippen LogP contribution is 2.30. The Morgan fingerprint density at radius 2 is 2.05 bits per heavy atom. The van der Waals surface area contributed by atoms with Crippen molar-refractivity contribution < 1.29 is 5.11 Å². The summed E-state index contributed by atoms with van der Waals surface area (Å²) in [6.45, 7) is 0.709. The molecule has 2 atom stereocenters. The molecule has 1 fully saturated rings. The molecule has 1 aromatic rings. The molecule has 0 saturated heterocycles. The van der Waals surface area contributed by atoms with Crippen LogP contribution < -0.4 is 11.2 Å². The number of aromatic amines is 1. The molecule has 1 aliphatic carbocycles. The van der Waals surface area contributed by atoms with Gasteiger partial charge in [-0.15, -0.1) is 0 Å². The van der Waals surface area contributed by atoms with Gasteiger partial charge in [-0.1, -0.05) is 28.8 Å². The van der Waals surface area contributed by atoms with Gasteiger partial charge >= 0.3 is 5.69 Å². The molecule has 0 radical (unpaired) electrons. The Balaban J connectivity index is 2.26. The van der Waals surface area contributed by atoms with Crippen LogP contribution in [0, 0.1) is 11.8 Å². The van der Waals surface area contributed by atoms with E-state index in [-0.39, 0.29) is 29.7 Å². The normalized spacial score (nSPS) is 23.3. The fourth-order valence-electron chi connectivity index (χ4n) is 2.87. The lowest BCUT2D eigenvalue weighted by molar-refractivity contribution is 0.122. The molecule has 1 aliphatic rings. The highest BCUT2D eigenvalue weighted by molar-refractivity contribution is 9.11. The summed E-state index contributed by atoms with van der Waals surface area (Å²) in [7, 11) is 0. The highest BCUT2D eigenvalue weighted by Gasteiger charge is 2.25. The topological polar surface area (TPSA) is 75.1 Å². The fraction of sp³-hybridized carbons (Fsp3) is 0.571. The number of aliphatic hydroxyl groups excluding tert-OH is 1. The lowest BCUT2D eigenvalue weighted by atomic mass is 9.79. The Labute approximate surface area is 125 Å². The van der Waals surface area contributed by atoms with Crippen molar-refractivity contribution in [3.63, 3.8) is 0 Å². The van der Waals surface area contributed by atoms with Crippen molar-refractivity contribution in [1.82, 2.24) is 9.55 Å². The van der Waals surface area contributed by atoms with Gasteiger partial charge in [-0.3, -0.25) is 14.3 Å². The summed E-state index contributed by atoms with van der Waals surface area (Å²) >= 11 is 3.13. The van der Waals surface area contributed by atoms with Gasteiger partial charge in [-0.2, -0.15) is 0 Å². The number of halogens is 1. The average Bonchev–Trinajstić information content (AvgIpc) is 2.45. The van der Waals surface area contributed by atoms with Crippen LogP contribution in [-0.4, -0.2) is 21.3 Å². The maximum atomic E-state index is 11.9. The molecule has 2 N–H and O–H groups in total. The van der Waals surface area contributed by atoms with Crippen molar-refractivity contribution in [2.75, 3.05) is 6.61 Å². The van der Waals surface area contributed by atoms with E-state index in [4.69, 9.17) is 0 Å². The van der Waals surface area contributed by atoms with Crippen molar-refractivity contribution in [3.05, 3.63) is 37.6 Å². The standard InChI is InChI=1S/C14H19BrN2O3/c15-6-5-11-8-17(14(20)16-13(11)19)7-10-3-1-2-4-12(10)9-18/h5-6,8,10,12,18H,1-4,7,9H2,(H,16,19,20). The minimum Gasteiger partial charge on any atom is -0.396 e. The molecule has 1 aromatic heterocycles. The average molecular weight is 343 g/mol. The Hall–Kier alpha value is -1.14. The summed E-state index contributed by atoms with van der Waals surface area (Å²) < 4.78 is 1.54. The summed E-state index contributed by atoms with van der Waals surface area (Å²) in [4.78, 5) is 27.4. The molecule has 1 saturated carbocycles. The van der Waals surface area contributed by atoms with E-state index >= 15 is 0 Å². The Kier molecular flexibility index (Phi) is 5.37. The highest BCUT2D eigenvalue weighted by atomic mass is 79.9. The lowest BCUT2D eigenvalue weighted by Gasteiger charge is -2.30. The molecule has 0 aliphatic heterocycles. The third-order valence-electron chi connectivity index (χ3n) is 4.01. The van der Waals surface area contributed by atoms with Crippen molar-refractivity contribution in [2.24, 2.45) is 11.8 Å². The predicted molar refractivity (Wildman–Crippen MR) is 81.8 cm³/mol. The van der Waals surface area contributed by atoms with Crippen LogP contribution in [0.1, 0.15) is 31.2 Å². The molecule has 2 rings (SSSR count). The van der Waals surface area contributed by atoms with Crippen molar-refractivity contribution in [2.45, 2.75) is 32.2 Å². The van der Waals surface area contributed by atoms with E-state index < -0.39 is 0 Å². The number of nitrogens with zero attached hydrogens (tertiary/aromatic N) is 1. The first-order valence-electron chi connectivity index (χ1n) is 6.87. The van der Waals surface area contributed by atoms with Crippen LogP contribution in [0.25, 0.3) is 6.08 Å². The minimum atomic E-state index is -0.385. The number of nitrogens with one attached hydrogen (secondary N) is 1. The summed E-state index contributed by atoms with van der Waals surface area (Å²) in [5.74, 6) is 0.538. The second-order valence-corrected chi connectivity index (χ2v) is 5.80. The minimum absolute atomic E-state index is 0.164. The number of aromatic nitrogens is 2. The largest absolute Gasteiger partial charge is 0.396 e. The lowest BCUT2D eigenvalue weighted by Crippen LogP contribution is -2.35. The van der Waals surface area contributed by atoms with Gasteiger partial charge in [0, 0.05) is 19.3 Å². The summed E-state index contributed by atoms with van der Waals surface area (Å²) in [5.41, 5.74) is -0.328. The Morgan fingerprint density at radius 3 is 2.70 bits per heavy atom. The first-order chi connectivity index (χ1) is 9.65. The van der Waals surface area contributed by atoms with E-state index in [1.807, 2.05) is 0 Å². The molecule has 0 amide bonds. The van der Waals surface area contributed by atoms with Gasteiger partial charge in [-0.05, 0) is 35.7 Å². The number of hydrogen-bond acceptors (Lipinski definition) is 3. The maximum absolute atomic E-state index is 11.9. The summed E-state index contributed by atoms with van der Waals surface area (Å²) in [5, 5.41) is 9.43. The van der Waals surface area contributed by atoms with Gasteiger partial charge in [0.05, 0.1) is 5.56 Å². The third-order valence-corrected chi connectivity index (χ3v) is 4.28.